The number of nitrogens with two attached hydrogens (primary N) is 2. The molecule has 16 heteroatoms. The molecule has 2 unspecified atom stereocenters. The summed E-state index contributed by atoms with van der Waals surface area (Å²) < 4.78 is 31.5. The number of nitrogen functional groups attached to an aromatic ring is 2. The van der Waals surface area contributed by atoms with E-state index in [1.807, 2.05) is 0 Å². The molecule has 3 heterocycles. The van der Waals surface area contributed by atoms with Crippen LogP contribution in [0.2, 0.25) is 0 Å². The van der Waals surface area contributed by atoms with Crippen molar-refractivity contribution in [1.29, 1.82) is 0 Å². The van der Waals surface area contributed by atoms with Gasteiger partial charge in [-0.05, 0) is 26.0 Å². The van der Waals surface area contributed by atoms with Gasteiger partial charge in [-0.3, -0.25) is 13.9 Å². The molecular weight excluding hydrogens is 497 g/mol. The van der Waals surface area contributed by atoms with Gasteiger partial charge in [-0.1, -0.05) is 18.2 Å². The number of nitrogens with zero attached hydrogens (tertiary/aromatic N) is 4. The molecule has 0 aliphatic carbocycles. The Bertz CT molecular complexity index is 1300. The van der Waals surface area contributed by atoms with E-state index in [4.69, 9.17) is 25.3 Å². The van der Waals surface area contributed by atoms with E-state index < -0.39 is 50.4 Å². The summed E-state index contributed by atoms with van der Waals surface area (Å²) >= 11 is 0. The Morgan fingerprint density at radius 2 is 2.03 bits per heavy atom. The Balaban J connectivity index is 1.57. The predicted molar refractivity (Wildman–Crippen MR) is 126 cm³/mol. The van der Waals surface area contributed by atoms with Crippen LogP contribution in [0.4, 0.5) is 11.8 Å². The zero-order chi connectivity index (χ0) is 26.3. The number of aliphatic hydroxyl groups excluding tert-OH is 1. The fourth-order valence-electron chi connectivity index (χ4n) is 3.68. The van der Waals surface area contributed by atoms with Crippen molar-refractivity contribution in [3.63, 3.8) is 0 Å². The lowest BCUT2D eigenvalue weighted by molar-refractivity contribution is -0.138. The summed E-state index contributed by atoms with van der Waals surface area (Å²) in [4.78, 5) is 23.4. The number of imidazole rings is 1. The van der Waals surface area contributed by atoms with Crippen LogP contribution >= 0.6 is 7.75 Å². The monoisotopic (exact) mass is 523 g/mol. The number of rotatable bonds is 9. The summed E-state index contributed by atoms with van der Waals surface area (Å²) in [6.45, 7) is 2.05. The number of benzene rings is 1. The minimum atomic E-state index is -4.28. The van der Waals surface area contributed by atoms with Gasteiger partial charge in [-0.15, -0.1) is 0 Å². The van der Waals surface area contributed by atoms with Crippen LogP contribution in [0.5, 0.6) is 5.75 Å². The van der Waals surface area contributed by atoms with Crippen molar-refractivity contribution in [1.82, 2.24) is 24.6 Å². The van der Waals surface area contributed by atoms with E-state index in [-0.39, 0.29) is 28.7 Å². The van der Waals surface area contributed by atoms with Gasteiger partial charge < -0.3 is 36.0 Å². The molecule has 36 heavy (non-hydrogen) atoms. The molecular formula is C20H26N7O8P. The quantitative estimate of drug-likeness (QED) is 0.207. The van der Waals surface area contributed by atoms with Crippen molar-refractivity contribution in [2.45, 2.75) is 43.9 Å². The van der Waals surface area contributed by atoms with Gasteiger partial charge in [0.15, 0.2) is 17.7 Å². The number of aromatic nitrogens is 4. The lowest BCUT2D eigenvalue weighted by Crippen LogP contribution is -2.44. The molecule has 1 aromatic carbocycles. The molecule has 0 radical (unpaired) electrons. The number of carboxylic acid groups (broad SMARTS) is 1. The SMILES string of the molecule is CC(NP(=O)(OC[C@H]1O[C@@H](n2cnc3c(N)nc(N)nc32)[C@](C)(O)[C@@H]1O)Oc1ccccc1)C(=O)O. The molecule has 0 bridgehead atoms. The Kier molecular flexibility index (Phi) is 6.88. The Morgan fingerprint density at radius 3 is 2.69 bits per heavy atom. The zero-order valence-electron chi connectivity index (χ0n) is 19.3. The maximum absolute atomic E-state index is 13.4. The highest BCUT2D eigenvalue weighted by atomic mass is 31.2. The summed E-state index contributed by atoms with van der Waals surface area (Å²) in [6, 6.07) is 6.69. The molecule has 0 saturated carbocycles. The van der Waals surface area contributed by atoms with E-state index in [1.165, 1.54) is 36.9 Å². The van der Waals surface area contributed by atoms with Gasteiger partial charge in [-0.2, -0.15) is 15.1 Å². The number of para-hydroxylation sites is 1. The van der Waals surface area contributed by atoms with E-state index in [1.54, 1.807) is 18.2 Å². The van der Waals surface area contributed by atoms with E-state index in [0.717, 1.165) is 0 Å². The number of ether oxygens (including phenoxy) is 1. The molecule has 8 N–H and O–H groups in total. The zero-order valence-corrected chi connectivity index (χ0v) is 20.1. The molecule has 15 nitrogen and oxygen atoms in total. The molecule has 1 aliphatic heterocycles. The molecule has 2 aromatic heterocycles. The second kappa shape index (κ2) is 9.61. The molecule has 4 rings (SSSR count). The number of fused-ring (bicyclic) bond motifs is 1. The first-order valence-corrected chi connectivity index (χ1v) is 12.3. The Hall–Kier alpha value is -3.33. The lowest BCUT2D eigenvalue weighted by Gasteiger charge is -2.27. The first kappa shape index (κ1) is 25.8. The molecule has 0 amide bonds. The topological polar surface area (TPSA) is 230 Å². The van der Waals surface area contributed by atoms with Crippen LogP contribution in [0.15, 0.2) is 36.7 Å². The van der Waals surface area contributed by atoms with Crippen LogP contribution in [0.3, 0.4) is 0 Å². The van der Waals surface area contributed by atoms with Crippen molar-refractivity contribution in [3.8, 4) is 5.75 Å². The van der Waals surface area contributed by atoms with E-state index in [0.29, 0.717) is 0 Å². The maximum atomic E-state index is 13.4. The third-order valence-corrected chi connectivity index (χ3v) is 7.22. The van der Waals surface area contributed by atoms with Crippen LogP contribution < -0.4 is 21.1 Å². The highest BCUT2D eigenvalue weighted by molar-refractivity contribution is 7.52. The fraction of sp³-hybridized carbons (Fsp3) is 0.400. The van der Waals surface area contributed by atoms with Crippen LogP contribution in [-0.4, -0.2) is 71.3 Å². The molecule has 1 aliphatic rings. The van der Waals surface area contributed by atoms with Gasteiger partial charge in [-0.25, -0.2) is 9.55 Å². The number of aliphatic hydroxyl groups is 2. The van der Waals surface area contributed by atoms with Crippen molar-refractivity contribution < 1.29 is 38.5 Å². The van der Waals surface area contributed by atoms with Crippen molar-refractivity contribution in [2.75, 3.05) is 18.1 Å². The number of nitrogens with one attached hydrogen (secondary N) is 1. The third-order valence-electron chi connectivity index (χ3n) is 5.57. The first-order chi connectivity index (χ1) is 16.9. The van der Waals surface area contributed by atoms with Crippen molar-refractivity contribution >= 4 is 36.6 Å². The summed E-state index contributed by atoms with van der Waals surface area (Å²) in [7, 11) is -4.28. The van der Waals surface area contributed by atoms with Gasteiger partial charge in [0.25, 0.3) is 0 Å². The maximum Gasteiger partial charge on any atom is 0.459 e. The van der Waals surface area contributed by atoms with Crippen LogP contribution in [0, 0.1) is 0 Å². The second-order valence-electron chi connectivity index (χ2n) is 8.38. The van der Waals surface area contributed by atoms with Gasteiger partial charge >= 0.3 is 13.7 Å². The number of carbonyl (C=O) groups is 1. The number of aliphatic carboxylic acids is 1. The fourth-order valence-corrected chi connectivity index (χ4v) is 5.19. The van der Waals surface area contributed by atoms with Gasteiger partial charge in [0.2, 0.25) is 5.95 Å². The summed E-state index contributed by atoms with van der Waals surface area (Å²) in [6.07, 6.45) is -2.67. The average molecular weight is 523 g/mol. The third kappa shape index (κ3) is 4.97. The molecule has 194 valence electrons. The smallest absolute Gasteiger partial charge is 0.459 e. The minimum absolute atomic E-state index is 0.0203. The highest BCUT2D eigenvalue weighted by Gasteiger charge is 2.54. The number of anilines is 2. The Morgan fingerprint density at radius 1 is 1.33 bits per heavy atom. The largest absolute Gasteiger partial charge is 0.480 e. The normalized spacial score (nSPS) is 26.5. The van der Waals surface area contributed by atoms with E-state index in [9.17, 15) is 24.7 Å². The molecule has 6 atom stereocenters. The highest BCUT2D eigenvalue weighted by Crippen LogP contribution is 2.47. The summed E-state index contributed by atoms with van der Waals surface area (Å²) in [5.74, 6) is -1.24. The average Bonchev–Trinajstić information content (AvgIpc) is 3.31. The number of hydrogen-bond acceptors (Lipinski definition) is 12. The predicted octanol–water partition coefficient (Wildman–Crippen LogP) is 0.266. The lowest BCUT2D eigenvalue weighted by atomic mass is 9.96. The van der Waals surface area contributed by atoms with Crippen molar-refractivity contribution in [3.05, 3.63) is 36.7 Å². The van der Waals surface area contributed by atoms with Crippen LogP contribution in [0.25, 0.3) is 11.2 Å². The van der Waals surface area contributed by atoms with Gasteiger partial charge in [0, 0.05) is 0 Å². The molecule has 3 aromatic rings. The number of hydrogen-bond donors (Lipinski definition) is 6. The Labute approximate surface area is 204 Å². The minimum Gasteiger partial charge on any atom is -0.480 e. The van der Waals surface area contributed by atoms with E-state index in [2.05, 4.69) is 20.0 Å². The first-order valence-electron chi connectivity index (χ1n) is 10.7. The van der Waals surface area contributed by atoms with Gasteiger partial charge in [0.05, 0.1) is 12.9 Å². The summed E-state index contributed by atoms with van der Waals surface area (Å²) in [5.41, 5.74) is 10.0. The molecule has 1 saturated heterocycles. The van der Waals surface area contributed by atoms with Crippen LogP contribution in [-0.2, 0) is 18.6 Å². The summed E-state index contributed by atoms with van der Waals surface area (Å²) in [5, 5.41) is 33.4. The van der Waals surface area contributed by atoms with Crippen molar-refractivity contribution in [2.24, 2.45) is 0 Å². The number of carboxylic acids is 1. The molecule has 1 fully saturated rings. The molecule has 0 spiro atoms. The van der Waals surface area contributed by atoms with Gasteiger partial charge in [0.1, 0.15) is 35.1 Å². The van der Waals surface area contributed by atoms with E-state index >= 15 is 0 Å². The van der Waals surface area contributed by atoms with Crippen LogP contribution in [0.1, 0.15) is 20.1 Å². The second-order valence-corrected chi connectivity index (χ2v) is 10.1. The standard InChI is InChI=1S/C20H26N7O8P/c1-10(17(29)30)26-36(32,35-11-6-4-3-5-7-11)33-8-12-14(28)20(2,31)18(34-12)27-9-23-13-15(21)24-19(22)25-16(13)27/h3-7,9-10,12,14,18,28,31H,8H2,1-2H3,(H,26,32)(H,29,30)(H4,21,22,24,25)/t10?,12-,14-,18-,20-,36?/m1/s1.